The number of aromatic nitrogens is 5. The molecule has 1 unspecified atom stereocenters. The number of imidazole rings is 1. The second-order valence-corrected chi connectivity index (χ2v) is 8.82. The number of nitrogens with one attached hydrogen (secondary N) is 1. The summed E-state index contributed by atoms with van der Waals surface area (Å²) in [6, 6.07) is 28.5. The predicted octanol–water partition coefficient (Wildman–Crippen LogP) is 6.37. The monoisotopic (exact) mass is 462 g/mol. The lowest BCUT2D eigenvalue weighted by molar-refractivity contribution is 0.667. The summed E-state index contributed by atoms with van der Waals surface area (Å²) in [5.41, 5.74) is 7.53. The van der Waals surface area contributed by atoms with Gasteiger partial charge in [-0.1, -0.05) is 54.1 Å². The number of aryl methyl sites for hydroxylation is 1. The molecule has 1 N–H and O–H groups in total. The third kappa shape index (κ3) is 2.72. The van der Waals surface area contributed by atoms with Crippen LogP contribution >= 0.6 is 11.6 Å². The van der Waals surface area contributed by atoms with Crippen LogP contribution in [0.1, 0.15) is 17.4 Å². The van der Waals surface area contributed by atoms with E-state index >= 15 is 0 Å². The van der Waals surface area contributed by atoms with E-state index in [1.54, 1.807) is 0 Å². The second kappa shape index (κ2) is 7.17. The number of rotatable bonds is 2. The lowest BCUT2D eigenvalue weighted by Crippen LogP contribution is -2.25. The molecule has 34 heavy (non-hydrogen) atoms. The number of hydrogen-bond acceptors (Lipinski definition) is 4. The molecule has 0 fully saturated rings. The van der Waals surface area contributed by atoms with Gasteiger partial charge in [0.05, 0.1) is 22.4 Å². The van der Waals surface area contributed by atoms with E-state index in [0.717, 1.165) is 56.1 Å². The van der Waals surface area contributed by atoms with Crippen molar-refractivity contribution in [2.24, 2.45) is 0 Å². The molecule has 0 amide bonds. The van der Waals surface area contributed by atoms with Crippen molar-refractivity contribution in [1.82, 2.24) is 24.3 Å². The minimum atomic E-state index is -0.263. The number of benzene rings is 3. The molecule has 0 aliphatic carbocycles. The van der Waals surface area contributed by atoms with E-state index in [1.165, 1.54) is 0 Å². The van der Waals surface area contributed by atoms with Gasteiger partial charge in [-0.3, -0.25) is 4.57 Å². The quantitative estimate of drug-likeness (QED) is 0.304. The van der Waals surface area contributed by atoms with Crippen molar-refractivity contribution in [3.63, 3.8) is 0 Å². The Bertz CT molecular complexity index is 1720. The zero-order valence-corrected chi connectivity index (χ0v) is 19.0. The molecule has 0 spiro atoms. The standard InChI is InChI=1S/C27H19ClN6/c1-16-19-15-20(24(28)31-27(19)34(32-16)17-9-3-2-4-10-17)26-29-21-12-6-5-11-18(21)25-30-22-13-7-8-14-23(22)33(25)26/h2-15,26,29H,1H3. The maximum absolute atomic E-state index is 6.89. The minimum absolute atomic E-state index is 0.263. The largest absolute Gasteiger partial charge is 0.360 e. The highest BCUT2D eigenvalue weighted by atomic mass is 35.5. The number of halogens is 1. The second-order valence-electron chi connectivity index (χ2n) is 8.46. The van der Waals surface area contributed by atoms with Gasteiger partial charge in [-0.2, -0.15) is 5.10 Å². The first kappa shape index (κ1) is 19.3. The summed E-state index contributed by atoms with van der Waals surface area (Å²) in [5, 5.41) is 9.85. The van der Waals surface area contributed by atoms with Gasteiger partial charge in [-0.05, 0) is 49.4 Å². The molecule has 0 radical (unpaired) electrons. The molecule has 6 aromatic rings. The van der Waals surface area contributed by atoms with Gasteiger partial charge in [0.2, 0.25) is 0 Å². The van der Waals surface area contributed by atoms with Crippen molar-refractivity contribution >= 4 is 39.4 Å². The van der Waals surface area contributed by atoms with Crippen LogP contribution < -0.4 is 5.32 Å². The zero-order valence-electron chi connectivity index (χ0n) is 18.3. The van der Waals surface area contributed by atoms with Gasteiger partial charge in [0.25, 0.3) is 0 Å². The van der Waals surface area contributed by atoms with Crippen LogP contribution in [0, 0.1) is 6.92 Å². The van der Waals surface area contributed by atoms with Gasteiger partial charge in [-0.15, -0.1) is 0 Å². The van der Waals surface area contributed by atoms with Gasteiger partial charge in [-0.25, -0.2) is 14.6 Å². The highest BCUT2D eigenvalue weighted by molar-refractivity contribution is 6.30. The smallest absolute Gasteiger partial charge is 0.164 e. The average Bonchev–Trinajstić information content (AvgIpc) is 3.42. The van der Waals surface area contributed by atoms with Crippen molar-refractivity contribution in [2.45, 2.75) is 13.1 Å². The summed E-state index contributed by atoms with van der Waals surface area (Å²) in [4.78, 5) is 9.80. The number of nitrogens with zero attached hydrogens (tertiary/aromatic N) is 5. The minimum Gasteiger partial charge on any atom is -0.360 e. The Balaban J connectivity index is 1.47. The van der Waals surface area contributed by atoms with Gasteiger partial charge in [0.15, 0.2) is 5.65 Å². The van der Waals surface area contributed by atoms with Crippen molar-refractivity contribution in [3.8, 4) is 17.1 Å². The van der Waals surface area contributed by atoms with Gasteiger partial charge in [0.1, 0.15) is 17.1 Å². The van der Waals surface area contributed by atoms with Gasteiger partial charge < -0.3 is 5.32 Å². The lowest BCUT2D eigenvalue weighted by atomic mass is 10.1. The van der Waals surface area contributed by atoms with Crippen LogP contribution in [0.3, 0.4) is 0 Å². The van der Waals surface area contributed by atoms with Crippen LogP contribution in [0.4, 0.5) is 5.69 Å². The molecule has 0 saturated carbocycles. The third-order valence-electron chi connectivity index (χ3n) is 6.43. The summed E-state index contributed by atoms with van der Waals surface area (Å²) in [7, 11) is 0. The third-order valence-corrected chi connectivity index (χ3v) is 6.74. The molecule has 164 valence electrons. The van der Waals surface area contributed by atoms with Crippen LogP contribution in [0.2, 0.25) is 5.15 Å². The van der Waals surface area contributed by atoms with E-state index in [4.69, 9.17) is 26.7 Å². The van der Waals surface area contributed by atoms with Crippen LogP contribution in [0.25, 0.3) is 39.1 Å². The predicted molar refractivity (Wildman–Crippen MR) is 136 cm³/mol. The molecule has 0 bridgehead atoms. The molecule has 6 nitrogen and oxygen atoms in total. The first-order valence-electron chi connectivity index (χ1n) is 11.1. The fourth-order valence-corrected chi connectivity index (χ4v) is 5.08. The van der Waals surface area contributed by atoms with Crippen molar-refractivity contribution in [2.75, 3.05) is 5.32 Å². The average molecular weight is 463 g/mol. The Morgan fingerprint density at radius 1 is 0.882 bits per heavy atom. The molecule has 0 saturated heterocycles. The number of hydrogen-bond donors (Lipinski definition) is 1. The number of fused-ring (bicyclic) bond motifs is 6. The summed E-state index contributed by atoms with van der Waals surface area (Å²) < 4.78 is 4.06. The van der Waals surface area contributed by atoms with E-state index < -0.39 is 0 Å². The van der Waals surface area contributed by atoms with E-state index in [9.17, 15) is 0 Å². The van der Waals surface area contributed by atoms with Gasteiger partial charge in [0, 0.05) is 22.2 Å². The Morgan fingerprint density at radius 3 is 2.53 bits per heavy atom. The number of anilines is 1. The number of pyridine rings is 1. The molecule has 1 aliphatic heterocycles. The summed E-state index contributed by atoms with van der Waals surface area (Å²) in [6.45, 7) is 2.00. The summed E-state index contributed by atoms with van der Waals surface area (Å²) in [5.74, 6) is 0.911. The maximum atomic E-state index is 6.89. The molecule has 1 atom stereocenters. The van der Waals surface area contributed by atoms with E-state index in [0.29, 0.717) is 5.15 Å². The Morgan fingerprint density at radius 2 is 1.65 bits per heavy atom. The Hall–Kier alpha value is -4.16. The van der Waals surface area contributed by atoms with Crippen LogP contribution in [0.5, 0.6) is 0 Å². The molecule has 7 heteroatoms. The van der Waals surface area contributed by atoms with E-state index in [1.807, 2.05) is 72.3 Å². The van der Waals surface area contributed by atoms with Crippen LogP contribution in [0.15, 0.2) is 84.9 Å². The fourth-order valence-electron chi connectivity index (χ4n) is 4.85. The Labute approximate surface area is 200 Å². The molecule has 4 heterocycles. The summed E-state index contributed by atoms with van der Waals surface area (Å²) in [6.07, 6.45) is -0.263. The molecular weight excluding hydrogens is 444 g/mol. The zero-order chi connectivity index (χ0) is 22.8. The molecular formula is C27H19ClN6. The summed E-state index contributed by atoms with van der Waals surface area (Å²) >= 11 is 6.89. The topological polar surface area (TPSA) is 60.6 Å². The SMILES string of the molecule is Cc1nn(-c2ccccc2)c2nc(Cl)c(C3Nc4ccccc4-c4nc5ccccc5n43)cc12. The van der Waals surface area contributed by atoms with Gasteiger partial charge >= 0.3 is 0 Å². The van der Waals surface area contributed by atoms with E-state index in [-0.39, 0.29) is 6.17 Å². The lowest BCUT2D eigenvalue weighted by Gasteiger charge is -2.30. The molecule has 1 aliphatic rings. The Kier molecular flexibility index (Phi) is 4.07. The fraction of sp³-hybridized carbons (Fsp3) is 0.0741. The van der Waals surface area contributed by atoms with Crippen molar-refractivity contribution < 1.29 is 0 Å². The molecule has 3 aromatic carbocycles. The van der Waals surface area contributed by atoms with Crippen molar-refractivity contribution in [3.05, 3.63) is 101 Å². The highest BCUT2D eigenvalue weighted by Crippen LogP contribution is 2.42. The maximum Gasteiger partial charge on any atom is 0.164 e. The first-order valence-corrected chi connectivity index (χ1v) is 11.5. The molecule has 7 rings (SSSR count). The molecule has 3 aromatic heterocycles. The van der Waals surface area contributed by atoms with E-state index in [2.05, 4.69) is 34.1 Å². The number of para-hydroxylation sites is 4. The van der Waals surface area contributed by atoms with Crippen LogP contribution in [-0.4, -0.2) is 24.3 Å². The normalized spacial score (nSPS) is 14.7. The van der Waals surface area contributed by atoms with Crippen molar-refractivity contribution in [1.29, 1.82) is 0 Å². The van der Waals surface area contributed by atoms with Crippen LogP contribution in [-0.2, 0) is 0 Å². The highest BCUT2D eigenvalue weighted by Gasteiger charge is 2.30. The first-order chi connectivity index (χ1) is 16.7.